The van der Waals surface area contributed by atoms with E-state index in [0.29, 0.717) is 12.0 Å². The molecule has 0 saturated carbocycles. The normalized spacial score (nSPS) is 27.2. The van der Waals surface area contributed by atoms with Gasteiger partial charge in [-0.2, -0.15) is 0 Å². The van der Waals surface area contributed by atoms with E-state index >= 15 is 0 Å². The molecule has 1 N–H and O–H groups in total. The van der Waals surface area contributed by atoms with Crippen molar-refractivity contribution >= 4 is 11.3 Å². The number of aromatic nitrogens is 2. The summed E-state index contributed by atoms with van der Waals surface area (Å²) in [4.78, 5) is 0. The van der Waals surface area contributed by atoms with Crippen LogP contribution in [0.25, 0.3) is 0 Å². The lowest BCUT2D eigenvalue weighted by atomic mass is 10.1. The lowest BCUT2D eigenvalue weighted by molar-refractivity contribution is 0.0937. The summed E-state index contributed by atoms with van der Waals surface area (Å²) in [7, 11) is 1.96. The number of rotatable bonds is 4. The van der Waals surface area contributed by atoms with Gasteiger partial charge in [0.25, 0.3) is 0 Å². The van der Waals surface area contributed by atoms with Crippen molar-refractivity contribution in [2.45, 2.75) is 38.8 Å². The Kier molecular flexibility index (Phi) is 3.89. The van der Waals surface area contributed by atoms with E-state index in [1.54, 1.807) is 11.3 Å². The van der Waals surface area contributed by atoms with Crippen molar-refractivity contribution < 1.29 is 4.74 Å². The molecule has 1 aliphatic rings. The van der Waals surface area contributed by atoms with Gasteiger partial charge in [0.05, 0.1) is 6.04 Å². The van der Waals surface area contributed by atoms with E-state index in [-0.39, 0.29) is 6.10 Å². The largest absolute Gasteiger partial charge is 0.371 e. The molecule has 4 nitrogen and oxygen atoms in total. The third-order valence-electron chi connectivity index (χ3n) is 3.14. The maximum Gasteiger partial charge on any atom is 0.146 e. The number of hydrogen-bond acceptors (Lipinski definition) is 5. The minimum absolute atomic E-state index is 0.167. The quantitative estimate of drug-likeness (QED) is 0.878. The monoisotopic (exact) mass is 241 g/mol. The summed E-state index contributed by atoms with van der Waals surface area (Å²) in [5, 5.41) is 13.9. The Labute approximate surface area is 100 Å². The molecule has 1 fully saturated rings. The fourth-order valence-corrected chi connectivity index (χ4v) is 3.24. The van der Waals surface area contributed by atoms with E-state index in [1.165, 1.54) is 0 Å². The fraction of sp³-hybridized carbons (Fsp3) is 0.818. The van der Waals surface area contributed by atoms with Crippen LogP contribution in [0.1, 0.15) is 48.9 Å². The van der Waals surface area contributed by atoms with Crippen LogP contribution >= 0.6 is 11.3 Å². The van der Waals surface area contributed by atoms with E-state index < -0.39 is 0 Å². The van der Waals surface area contributed by atoms with Crippen LogP contribution in [0.15, 0.2) is 0 Å². The van der Waals surface area contributed by atoms with Gasteiger partial charge >= 0.3 is 0 Å². The Hall–Kier alpha value is -0.520. The molecule has 0 aliphatic carbocycles. The molecule has 2 rings (SSSR count). The van der Waals surface area contributed by atoms with Gasteiger partial charge in [-0.05, 0) is 25.8 Å². The average molecular weight is 241 g/mol. The molecule has 1 aromatic heterocycles. The highest BCUT2D eigenvalue weighted by atomic mass is 32.1. The van der Waals surface area contributed by atoms with E-state index in [4.69, 9.17) is 4.74 Å². The number of nitrogens with zero attached hydrogens (tertiary/aromatic N) is 2. The third-order valence-corrected chi connectivity index (χ3v) is 4.24. The Morgan fingerprint density at radius 2 is 2.38 bits per heavy atom. The van der Waals surface area contributed by atoms with Crippen molar-refractivity contribution in [3.8, 4) is 0 Å². The van der Waals surface area contributed by atoms with Gasteiger partial charge in [-0.1, -0.05) is 25.2 Å². The summed E-state index contributed by atoms with van der Waals surface area (Å²) in [6.45, 7) is 5.22. The molecule has 0 spiro atoms. The summed E-state index contributed by atoms with van der Waals surface area (Å²) in [5.74, 6) is 0.565. The zero-order chi connectivity index (χ0) is 11.5. The summed E-state index contributed by atoms with van der Waals surface area (Å²) in [5.41, 5.74) is 0. The highest BCUT2D eigenvalue weighted by Crippen LogP contribution is 2.36. The second-order valence-electron chi connectivity index (χ2n) is 4.29. The summed E-state index contributed by atoms with van der Waals surface area (Å²) in [6.07, 6.45) is 2.33. The van der Waals surface area contributed by atoms with Crippen LogP contribution in [0.4, 0.5) is 0 Å². The molecule has 0 amide bonds. The van der Waals surface area contributed by atoms with Crippen LogP contribution in [-0.2, 0) is 4.74 Å². The van der Waals surface area contributed by atoms with Crippen LogP contribution < -0.4 is 5.32 Å². The molecule has 5 heteroatoms. The number of hydrogen-bond donors (Lipinski definition) is 1. The predicted molar refractivity (Wildman–Crippen MR) is 64.5 cm³/mol. The third kappa shape index (κ3) is 2.26. The molecule has 1 aromatic rings. The van der Waals surface area contributed by atoms with Crippen molar-refractivity contribution in [1.82, 2.24) is 15.5 Å². The topological polar surface area (TPSA) is 47.0 Å². The SMILES string of the molecule is CCC(NC)c1nnc(C2OCCC2C)s1. The molecule has 1 saturated heterocycles. The first kappa shape index (κ1) is 12.0. The maximum absolute atomic E-state index is 5.70. The molecular weight excluding hydrogens is 222 g/mol. The van der Waals surface area contributed by atoms with Gasteiger partial charge in [-0.3, -0.25) is 0 Å². The summed E-state index contributed by atoms with van der Waals surface area (Å²) < 4.78 is 5.70. The highest BCUT2D eigenvalue weighted by molar-refractivity contribution is 7.11. The molecule has 3 unspecified atom stereocenters. The zero-order valence-electron chi connectivity index (χ0n) is 10.1. The standard InChI is InChI=1S/C11H19N3OS/c1-4-8(12-3)10-13-14-11(16-10)9-7(2)5-6-15-9/h7-9,12H,4-6H2,1-3H3. The average Bonchev–Trinajstić information content (AvgIpc) is 2.89. The van der Waals surface area contributed by atoms with Crippen LogP contribution in [0, 0.1) is 5.92 Å². The van der Waals surface area contributed by atoms with Crippen molar-refractivity contribution in [2.75, 3.05) is 13.7 Å². The second-order valence-corrected chi connectivity index (χ2v) is 5.33. The molecule has 1 aliphatic heterocycles. The Morgan fingerprint density at radius 1 is 1.56 bits per heavy atom. The molecule has 0 bridgehead atoms. The van der Waals surface area contributed by atoms with Gasteiger partial charge in [0.2, 0.25) is 0 Å². The van der Waals surface area contributed by atoms with E-state index in [0.717, 1.165) is 29.5 Å². The minimum Gasteiger partial charge on any atom is -0.371 e. The molecule has 0 aromatic carbocycles. The van der Waals surface area contributed by atoms with Gasteiger partial charge < -0.3 is 10.1 Å². The van der Waals surface area contributed by atoms with Gasteiger partial charge in [-0.15, -0.1) is 10.2 Å². The lowest BCUT2D eigenvalue weighted by Crippen LogP contribution is -2.14. The molecular formula is C11H19N3OS. The van der Waals surface area contributed by atoms with E-state index in [1.807, 2.05) is 7.05 Å². The lowest BCUT2D eigenvalue weighted by Gasteiger charge is -2.10. The smallest absolute Gasteiger partial charge is 0.146 e. The Balaban J connectivity index is 2.12. The van der Waals surface area contributed by atoms with Crippen molar-refractivity contribution in [3.63, 3.8) is 0 Å². The molecule has 90 valence electrons. The fourth-order valence-electron chi connectivity index (χ4n) is 2.02. The minimum atomic E-state index is 0.167. The maximum atomic E-state index is 5.70. The van der Waals surface area contributed by atoms with Crippen LogP contribution in [-0.4, -0.2) is 23.9 Å². The first-order valence-corrected chi connectivity index (χ1v) is 6.70. The van der Waals surface area contributed by atoms with E-state index in [2.05, 4.69) is 29.4 Å². The summed E-state index contributed by atoms with van der Waals surface area (Å²) in [6, 6.07) is 0.322. The van der Waals surface area contributed by atoms with E-state index in [9.17, 15) is 0 Å². The van der Waals surface area contributed by atoms with Crippen LogP contribution in [0.5, 0.6) is 0 Å². The van der Waals surface area contributed by atoms with Crippen molar-refractivity contribution in [3.05, 3.63) is 10.0 Å². The van der Waals surface area contributed by atoms with Gasteiger partial charge in [0.1, 0.15) is 16.1 Å². The number of nitrogens with one attached hydrogen (secondary N) is 1. The van der Waals surface area contributed by atoms with Crippen molar-refractivity contribution in [2.24, 2.45) is 5.92 Å². The predicted octanol–water partition coefficient (Wildman–Crippen LogP) is 2.31. The summed E-state index contributed by atoms with van der Waals surface area (Å²) >= 11 is 1.68. The van der Waals surface area contributed by atoms with Gasteiger partial charge in [-0.25, -0.2) is 0 Å². The highest BCUT2D eigenvalue weighted by Gasteiger charge is 2.29. The zero-order valence-corrected chi connectivity index (χ0v) is 10.9. The van der Waals surface area contributed by atoms with Crippen LogP contribution in [0.3, 0.4) is 0 Å². The van der Waals surface area contributed by atoms with Gasteiger partial charge in [0, 0.05) is 6.61 Å². The second kappa shape index (κ2) is 5.21. The van der Waals surface area contributed by atoms with Crippen LogP contribution in [0.2, 0.25) is 0 Å². The van der Waals surface area contributed by atoms with Crippen molar-refractivity contribution in [1.29, 1.82) is 0 Å². The molecule has 0 radical (unpaired) electrons. The first-order chi connectivity index (χ1) is 7.76. The molecule has 16 heavy (non-hydrogen) atoms. The van der Waals surface area contributed by atoms with Gasteiger partial charge in [0.15, 0.2) is 0 Å². The molecule has 3 atom stereocenters. The Morgan fingerprint density at radius 3 is 2.94 bits per heavy atom. The first-order valence-electron chi connectivity index (χ1n) is 5.88. The molecule has 2 heterocycles. The Bertz CT molecular complexity index is 338. The number of ether oxygens (including phenoxy) is 1.